The average Bonchev–Trinajstić information content (AvgIpc) is 2.83. The number of hydrogen-bond donors (Lipinski definition) is 1. The van der Waals surface area contributed by atoms with Gasteiger partial charge in [-0.15, -0.1) is 5.10 Å². The summed E-state index contributed by atoms with van der Waals surface area (Å²) < 4.78 is 28.7. The summed E-state index contributed by atoms with van der Waals surface area (Å²) in [5, 5.41) is 3.74. The maximum Gasteiger partial charge on any atom is 0.299 e. The third-order valence-electron chi connectivity index (χ3n) is 3.11. The Morgan fingerprint density at radius 2 is 1.86 bits per heavy atom. The number of fused-ring (bicyclic) bond motifs is 1. The molecule has 0 unspecified atom stereocenters. The molecular formula is C14H15N5O2S. The number of nitrogens with one attached hydrogen (secondary N) is 1. The van der Waals surface area contributed by atoms with Gasteiger partial charge in [-0.2, -0.15) is 13.4 Å². The molecule has 0 atom stereocenters. The first kappa shape index (κ1) is 14.5. The molecule has 0 saturated heterocycles. The SMILES string of the molecule is Cc1cccc(NS(=O)(=O)c2nc3nc(C)cc(C)n3n2)c1. The van der Waals surface area contributed by atoms with Gasteiger partial charge in [-0.05, 0) is 44.5 Å². The largest absolute Gasteiger partial charge is 0.299 e. The molecular weight excluding hydrogens is 302 g/mol. The van der Waals surface area contributed by atoms with Crippen LogP contribution >= 0.6 is 0 Å². The van der Waals surface area contributed by atoms with Gasteiger partial charge in [-0.1, -0.05) is 12.1 Å². The third-order valence-corrected chi connectivity index (χ3v) is 4.27. The van der Waals surface area contributed by atoms with E-state index in [4.69, 9.17) is 0 Å². The molecule has 0 aliphatic rings. The van der Waals surface area contributed by atoms with Crippen LogP contribution in [0.3, 0.4) is 0 Å². The number of nitrogens with zero attached hydrogens (tertiary/aromatic N) is 4. The van der Waals surface area contributed by atoms with Crippen molar-refractivity contribution in [2.45, 2.75) is 25.9 Å². The number of hydrogen-bond acceptors (Lipinski definition) is 5. The van der Waals surface area contributed by atoms with E-state index in [9.17, 15) is 8.42 Å². The van der Waals surface area contributed by atoms with Gasteiger partial charge in [0.05, 0.1) is 0 Å². The van der Waals surface area contributed by atoms with Crippen molar-refractivity contribution in [3.63, 3.8) is 0 Å². The van der Waals surface area contributed by atoms with Crippen LogP contribution in [-0.2, 0) is 10.0 Å². The molecule has 0 fully saturated rings. The summed E-state index contributed by atoms with van der Waals surface area (Å²) in [5.74, 6) is 0.266. The van der Waals surface area contributed by atoms with E-state index < -0.39 is 10.0 Å². The molecule has 0 radical (unpaired) electrons. The average molecular weight is 317 g/mol. The lowest BCUT2D eigenvalue weighted by atomic mass is 10.2. The number of anilines is 1. The Balaban J connectivity index is 2.04. The van der Waals surface area contributed by atoms with E-state index in [0.29, 0.717) is 5.69 Å². The molecule has 114 valence electrons. The van der Waals surface area contributed by atoms with Crippen LogP contribution in [-0.4, -0.2) is 28.0 Å². The Morgan fingerprint density at radius 1 is 1.09 bits per heavy atom. The highest BCUT2D eigenvalue weighted by atomic mass is 32.2. The van der Waals surface area contributed by atoms with E-state index >= 15 is 0 Å². The van der Waals surface area contributed by atoms with E-state index in [1.807, 2.05) is 32.9 Å². The third kappa shape index (κ3) is 2.64. The second kappa shape index (κ2) is 5.06. The van der Waals surface area contributed by atoms with Gasteiger partial charge in [0.1, 0.15) is 0 Å². The van der Waals surface area contributed by atoms with Gasteiger partial charge in [-0.25, -0.2) is 9.50 Å². The summed E-state index contributed by atoms with van der Waals surface area (Å²) in [6.45, 7) is 5.53. The lowest BCUT2D eigenvalue weighted by molar-refractivity contribution is 0.592. The van der Waals surface area contributed by atoms with Crippen LogP contribution in [0, 0.1) is 20.8 Å². The molecule has 0 aliphatic carbocycles. The summed E-state index contributed by atoms with van der Waals surface area (Å²) in [6.07, 6.45) is 0. The molecule has 2 heterocycles. The van der Waals surface area contributed by atoms with Crippen LogP contribution in [0.15, 0.2) is 35.5 Å². The molecule has 8 heteroatoms. The normalized spacial score (nSPS) is 11.8. The molecule has 7 nitrogen and oxygen atoms in total. The van der Waals surface area contributed by atoms with E-state index in [0.717, 1.165) is 17.0 Å². The highest BCUT2D eigenvalue weighted by molar-refractivity contribution is 7.92. The molecule has 2 aromatic heterocycles. The molecule has 1 N–H and O–H groups in total. The van der Waals surface area contributed by atoms with E-state index in [1.54, 1.807) is 18.2 Å². The molecule has 0 saturated carbocycles. The fourth-order valence-electron chi connectivity index (χ4n) is 2.17. The molecule has 1 aromatic carbocycles. The van der Waals surface area contributed by atoms with Crippen molar-refractivity contribution < 1.29 is 8.42 Å². The molecule has 0 aliphatic heterocycles. The second-order valence-electron chi connectivity index (χ2n) is 5.12. The minimum Gasteiger partial charge on any atom is -0.277 e. The van der Waals surface area contributed by atoms with Crippen molar-refractivity contribution in [2.75, 3.05) is 4.72 Å². The summed E-state index contributed by atoms with van der Waals surface area (Å²) in [7, 11) is -3.85. The van der Waals surface area contributed by atoms with Gasteiger partial charge in [-0.3, -0.25) is 4.72 Å². The van der Waals surface area contributed by atoms with Crippen molar-refractivity contribution >= 4 is 21.5 Å². The van der Waals surface area contributed by atoms with Crippen LogP contribution in [0.25, 0.3) is 5.78 Å². The lowest BCUT2D eigenvalue weighted by Crippen LogP contribution is -2.15. The summed E-state index contributed by atoms with van der Waals surface area (Å²) >= 11 is 0. The van der Waals surface area contributed by atoms with E-state index in [-0.39, 0.29) is 10.9 Å². The van der Waals surface area contributed by atoms with Crippen LogP contribution < -0.4 is 4.72 Å². The Kier molecular flexibility index (Phi) is 3.32. The number of aromatic nitrogens is 4. The molecule has 22 heavy (non-hydrogen) atoms. The van der Waals surface area contributed by atoms with Crippen molar-refractivity contribution in [3.8, 4) is 0 Å². The molecule has 0 bridgehead atoms. The summed E-state index contributed by atoms with van der Waals surface area (Å²) in [5.41, 5.74) is 2.95. The minimum atomic E-state index is -3.85. The lowest BCUT2D eigenvalue weighted by Gasteiger charge is -2.05. The minimum absolute atomic E-state index is 0.266. The van der Waals surface area contributed by atoms with Crippen molar-refractivity contribution in [2.24, 2.45) is 0 Å². The van der Waals surface area contributed by atoms with Gasteiger partial charge >= 0.3 is 0 Å². The first-order valence-corrected chi connectivity index (χ1v) is 8.14. The Bertz CT molecular complexity index is 963. The summed E-state index contributed by atoms with van der Waals surface area (Å²) in [4.78, 5) is 8.20. The van der Waals surface area contributed by atoms with Crippen molar-refractivity contribution in [1.82, 2.24) is 19.6 Å². The topological polar surface area (TPSA) is 89.2 Å². The van der Waals surface area contributed by atoms with Crippen LogP contribution in [0.4, 0.5) is 5.69 Å². The van der Waals surface area contributed by atoms with Crippen molar-refractivity contribution in [3.05, 3.63) is 47.3 Å². The zero-order valence-electron chi connectivity index (χ0n) is 12.4. The molecule has 3 aromatic rings. The quantitative estimate of drug-likeness (QED) is 0.796. The molecule has 0 amide bonds. The second-order valence-corrected chi connectivity index (χ2v) is 6.70. The highest BCUT2D eigenvalue weighted by Crippen LogP contribution is 2.15. The van der Waals surface area contributed by atoms with Gasteiger partial charge in [0, 0.05) is 17.1 Å². The Hall–Kier alpha value is -2.48. The first-order valence-electron chi connectivity index (χ1n) is 6.66. The summed E-state index contributed by atoms with van der Waals surface area (Å²) in [6, 6.07) is 8.89. The Morgan fingerprint density at radius 3 is 2.59 bits per heavy atom. The number of aryl methyl sites for hydroxylation is 3. The predicted molar refractivity (Wildman–Crippen MR) is 82.2 cm³/mol. The molecule has 0 spiro atoms. The van der Waals surface area contributed by atoms with Gasteiger partial charge in [0.25, 0.3) is 21.0 Å². The predicted octanol–water partition coefficient (Wildman–Crippen LogP) is 1.85. The van der Waals surface area contributed by atoms with Crippen LogP contribution in [0.2, 0.25) is 0 Å². The van der Waals surface area contributed by atoms with Crippen molar-refractivity contribution in [1.29, 1.82) is 0 Å². The highest BCUT2D eigenvalue weighted by Gasteiger charge is 2.21. The zero-order chi connectivity index (χ0) is 15.9. The van der Waals surface area contributed by atoms with Gasteiger partial charge in [0.15, 0.2) is 0 Å². The van der Waals surface area contributed by atoms with Crippen LogP contribution in [0.1, 0.15) is 17.0 Å². The number of sulfonamides is 1. The standard InChI is InChI=1S/C14H15N5O2S/c1-9-5-4-6-12(7-9)18-22(20,21)14-16-13-15-10(2)8-11(3)19(13)17-14/h4-8,18H,1-3H3. The monoisotopic (exact) mass is 317 g/mol. The maximum atomic E-state index is 12.4. The smallest absolute Gasteiger partial charge is 0.277 e. The van der Waals surface area contributed by atoms with Crippen LogP contribution in [0.5, 0.6) is 0 Å². The first-order chi connectivity index (χ1) is 10.3. The zero-order valence-corrected chi connectivity index (χ0v) is 13.2. The number of benzene rings is 1. The fraction of sp³-hybridized carbons (Fsp3) is 0.214. The van der Waals surface area contributed by atoms with Gasteiger partial charge < -0.3 is 0 Å². The Labute approximate surface area is 128 Å². The van der Waals surface area contributed by atoms with E-state index in [2.05, 4.69) is 19.8 Å². The molecule has 3 rings (SSSR count). The van der Waals surface area contributed by atoms with Gasteiger partial charge in [0.2, 0.25) is 0 Å². The number of rotatable bonds is 3. The fourth-order valence-corrected chi connectivity index (χ4v) is 3.09. The van der Waals surface area contributed by atoms with E-state index in [1.165, 1.54) is 4.52 Å². The maximum absolute atomic E-state index is 12.4.